The zero-order valence-corrected chi connectivity index (χ0v) is 11.6. The first-order valence-corrected chi connectivity index (χ1v) is 6.76. The van der Waals surface area contributed by atoms with Crippen LogP contribution in [0.4, 0.5) is 5.69 Å². The number of carbonyl (C=O) groups excluding carboxylic acids is 1. The summed E-state index contributed by atoms with van der Waals surface area (Å²) >= 11 is 13.4. The van der Waals surface area contributed by atoms with Crippen molar-refractivity contribution in [3.63, 3.8) is 0 Å². The van der Waals surface area contributed by atoms with Gasteiger partial charge in [-0.1, -0.05) is 23.2 Å². The van der Waals surface area contributed by atoms with Crippen molar-refractivity contribution in [1.82, 2.24) is 0 Å². The SMILES string of the molecule is NC(=O)c1ccc(Cl)c(NCc2cc(Cl)cs2)c1. The summed E-state index contributed by atoms with van der Waals surface area (Å²) in [5.74, 6) is -0.478. The maximum Gasteiger partial charge on any atom is 0.248 e. The van der Waals surface area contributed by atoms with Crippen LogP contribution in [-0.4, -0.2) is 5.91 Å². The molecule has 94 valence electrons. The van der Waals surface area contributed by atoms with Crippen LogP contribution in [-0.2, 0) is 6.54 Å². The molecule has 0 atom stereocenters. The van der Waals surface area contributed by atoms with Gasteiger partial charge in [0.25, 0.3) is 0 Å². The van der Waals surface area contributed by atoms with E-state index in [-0.39, 0.29) is 0 Å². The molecular formula is C12H10Cl2N2OS. The van der Waals surface area contributed by atoms with E-state index in [1.54, 1.807) is 29.5 Å². The van der Waals surface area contributed by atoms with E-state index < -0.39 is 5.91 Å². The molecule has 0 aliphatic heterocycles. The van der Waals surface area contributed by atoms with E-state index in [9.17, 15) is 4.79 Å². The van der Waals surface area contributed by atoms with Crippen molar-refractivity contribution in [2.24, 2.45) is 5.73 Å². The smallest absolute Gasteiger partial charge is 0.248 e. The highest BCUT2D eigenvalue weighted by atomic mass is 35.5. The summed E-state index contributed by atoms with van der Waals surface area (Å²) in [5.41, 5.74) is 6.32. The number of nitrogens with two attached hydrogens (primary N) is 1. The minimum atomic E-state index is -0.478. The number of benzene rings is 1. The van der Waals surface area contributed by atoms with Gasteiger partial charge < -0.3 is 11.1 Å². The van der Waals surface area contributed by atoms with Gasteiger partial charge in [0.15, 0.2) is 0 Å². The first-order valence-electron chi connectivity index (χ1n) is 5.12. The van der Waals surface area contributed by atoms with Gasteiger partial charge in [-0.25, -0.2) is 0 Å². The summed E-state index contributed by atoms with van der Waals surface area (Å²) in [4.78, 5) is 12.2. The lowest BCUT2D eigenvalue weighted by atomic mass is 10.2. The third kappa shape index (κ3) is 3.16. The van der Waals surface area contributed by atoms with Gasteiger partial charge in [0, 0.05) is 22.4 Å². The molecule has 0 aliphatic rings. The van der Waals surface area contributed by atoms with E-state index in [4.69, 9.17) is 28.9 Å². The van der Waals surface area contributed by atoms with Crippen molar-refractivity contribution in [3.05, 3.63) is 50.1 Å². The van der Waals surface area contributed by atoms with E-state index in [1.165, 1.54) is 0 Å². The van der Waals surface area contributed by atoms with Gasteiger partial charge in [-0.3, -0.25) is 4.79 Å². The first-order chi connectivity index (χ1) is 8.56. The second kappa shape index (κ2) is 5.61. The molecule has 3 nitrogen and oxygen atoms in total. The molecule has 2 rings (SSSR count). The van der Waals surface area contributed by atoms with Crippen LogP contribution >= 0.6 is 34.5 Å². The Hall–Kier alpha value is -1.23. The maximum atomic E-state index is 11.1. The van der Waals surface area contributed by atoms with Gasteiger partial charge in [0.1, 0.15) is 0 Å². The Bertz CT molecular complexity index is 583. The summed E-state index contributed by atoms with van der Waals surface area (Å²) in [6, 6.07) is 6.76. The molecule has 1 aromatic carbocycles. The van der Waals surface area contributed by atoms with Crippen LogP contribution in [0.2, 0.25) is 10.0 Å². The number of nitrogens with one attached hydrogen (secondary N) is 1. The molecule has 1 heterocycles. The number of hydrogen-bond donors (Lipinski definition) is 2. The van der Waals surface area contributed by atoms with E-state index in [0.29, 0.717) is 27.8 Å². The monoisotopic (exact) mass is 300 g/mol. The van der Waals surface area contributed by atoms with Gasteiger partial charge in [0.05, 0.1) is 15.7 Å². The van der Waals surface area contributed by atoms with Gasteiger partial charge in [-0.15, -0.1) is 11.3 Å². The normalized spacial score (nSPS) is 10.3. The summed E-state index contributed by atoms with van der Waals surface area (Å²) in [5, 5.41) is 6.27. The molecule has 0 saturated heterocycles. The Morgan fingerprint density at radius 2 is 2.11 bits per heavy atom. The standard InChI is InChI=1S/C12H10Cl2N2OS/c13-8-4-9(18-6-8)5-16-11-3-7(12(15)17)1-2-10(11)14/h1-4,6,16H,5H2,(H2,15,17). The van der Waals surface area contributed by atoms with Crippen molar-refractivity contribution in [1.29, 1.82) is 0 Å². The Balaban J connectivity index is 2.13. The van der Waals surface area contributed by atoms with Crippen LogP contribution in [0.5, 0.6) is 0 Å². The third-order valence-electron chi connectivity index (χ3n) is 2.33. The minimum absolute atomic E-state index is 0.422. The van der Waals surface area contributed by atoms with E-state index in [1.807, 2.05) is 11.4 Å². The lowest BCUT2D eigenvalue weighted by molar-refractivity contribution is 0.100. The van der Waals surface area contributed by atoms with Crippen LogP contribution in [0.3, 0.4) is 0 Å². The Labute approximate surface area is 119 Å². The molecule has 1 aromatic heterocycles. The summed E-state index contributed by atoms with van der Waals surface area (Å²) in [7, 11) is 0. The second-order valence-corrected chi connectivity index (χ2v) is 5.48. The summed E-state index contributed by atoms with van der Waals surface area (Å²) in [6.45, 7) is 0.597. The second-order valence-electron chi connectivity index (χ2n) is 3.64. The average Bonchev–Trinajstić information content (AvgIpc) is 2.74. The van der Waals surface area contributed by atoms with E-state index in [2.05, 4.69) is 5.32 Å². The van der Waals surface area contributed by atoms with Gasteiger partial charge in [-0.05, 0) is 24.3 Å². The number of thiophene rings is 1. The molecule has 0 saturated carbocycles. The van der Waals surface area contributed by atoms with Crippen molar-refractivity contribution in [2.45, 2.75) is 6.54 Å². The quantitative estimate of drug-likeness (QED) is 0.903. The number of amides is 1. The minimum Gasteiger partial charge on any atom is -0.379 e. The number of primary amides is 1. The third-order valence-corrected chi connectivity index (χ3v) is 3.94. The number of anilines is 1. The van der Waals surface area contributed by atoms with Crippen LogP contribution in [0.25, 0.3) is 0 Å². The highest BCUT2D eigenvalue weighted by Crippen LogP contribution is 2.25. The van der Waals surface area contributed by atoms with Crippen molar-refractivity contribution >= 4 is 46.1 Å². The highest BCUT2D eigenvalue weighted by Gasteiger charge is 2.06. The molecule has 0 spiro atoms. The highest BCUT2D eigenvalue weighted by molar-refractivity contribution is 7.10. The molecule has 0 radical (unpaired) electrons. The number of hydrogen-bond acceptors (Lipinski definition) is 3. The summed E-state index contributed by atoms with van der Waals surface area (Å²) in [6.07, 6.45) is 0. The number of halogens is 2. The Morgan fingerprint density at radius 1 is 1.33 bits per heavy atom. The van der Waals surface area contributed by atoms with Gasteiger partial charge in [-0.2, -0.15) is 0 Å². The largest absolute Gasteiger partial charge is 0.379 e. The number of carbonyl (C=O) groups is 1. The van der Waals surface area contributed by atoms with Crippen LogP contribution < -0.4 is 11.1 Å². The van der Waals surface area contributed by atoms with Crippen molar-refractivity contribution < 1.29 is 4.79 Å². The molecule has 0 fully saturated rings. The molecule has 1 amide bonds. The topological polar surface area (TPSA) is 55.1 Å². The maximum absolute atomic E-state index is 11.1. The Kier molecular flexibility index (Phi) is 4.11. The average molecular weight is 301 g/mol. The van der Waals surface area contributed by atoms with Crippen LogP contribution in [0.1, 0.15) is 15.2 Å². The van der Waals surface area contributed by atoms with Crippen LogP contribution in [0.15, 0.2) is 29.6 Å². The summed E-state index contributed by atoms with van der Waals surface area (Å²) < 4.78 is 0. The molecular weight excluding hydrogens is 291 g/mol. The van der Waals surface area contributed by atoms with Crippen molar-refractivity contribution in [3.8, 4) is 0 Å². The Morgan fingerprint density at radius 3 is 2.72 bits per heavy atom. The zero-order valence-electron chi connectivity index (χ0n) is 9.24. The molecule has 0 bridgehead atoms. The number of rotatable bonds is 4. The molecule has 18 heavy (non-hydrogen) atoms. The zero-order chi connectivity index (χ0) is 13.1. The predicted octanol–water partition coefficient (Wildman–Crippen LogP) is 3.77. The fourth-order valence-corrected chi connectivity index (χ4v) is 2.64. The van der Waals surface area contributed by atoms with E-state index >= 15 is 0 Å². The van der Waals surface area contributed by atoms with E-state index in [0.717, 1.165) is 4.88 Å². The lowest BCUT2D eigenvalue weighted by Crippen LogP contribution is -2.11. The van der Waals surface area contributed by atoms with Crippen LogP contribution in [0, 0.1) is 0 Å². The van der Waals surface area contributed by atoms with Gasteiger partial charge >= 0.3 is 0 Å². The first kappa shape index (κ1) is 13.2. The lowest BCUT2D eigenvalue weighted by Gasteiger charge is -2.08. The molecule has 0 aliphatic carbocycles. The fraction of sp³-hybridized carbons (Fsp3) is 0.0833. The molecule has 2 aromatic rings. The van der Waals surface area contributed by atoms with Gasteiger partial charge in [0.2, 0.25) is 5.91 Å². The predicted molar refractivity (Wildman–Crippen MR) is 76.6 cm³/mol. The molecule has 3 N–H and O–H groups in total. The fourth-order valence-electron chi connectivity index (χ4n) is 1.44. The van der Waals surface area contributed by atoms with Crippen molar-refractivity contribution in [2.75, 3.05) is 5.32 Å². The molecule has 6 heteroatoms. The molecule has 0 unspecified atom stereocenters.